The first-order chi connectivity index (χ1) is 63.2. The fourth-order valence-corrected chi connectivity index (χ4v) is 18.4. The number of hydrogen-bond acceptors (Lipinski definition) is 15. The monoisotopic (exact) mass is 2660 g/mol. The van der Waals surface area contributed by atoms with Crippen molar-refractivity contribution in [2.24, 2.45) is 0 Å². The lowest BCUT2D eigenvalue weighted by molar-refractivity contribution is -0.385. The van der Waals surface area contributed by atoms with Crippen molar-refractivity contribution in [2.45, 2.75) is 106 Å². The van der Waals surface area contributed by atoms with Gasteiger partial charge in [0.15, 0.2) is 0 Å². The average molecular weight is 2670 g/mol. The Balaban J connectivity index is 0.000000172. The summed E-state index contributed by atoms with van der Waals surface area (Å²) in [4.78, 5) is 90.1. The van der Waals surface area contributed by atoms with E-state index in [0.717, 1.165) is 126 Å². The molecular formula is C102H96I8N12O10. The fourth-order valence-electron chi connectivity index (χ4n) is 13.7. The lowest BCUT2D eigenvalue weighted by Crippen LogP contribution is -2.36. The van der Waals surface area contributed by atoms with E-state index in [1.807, 2.05) is 197 Å². The Hall–Kier alpha value is -9.45. The molecule has 10 N–H and O–H groups in total. The summed E-state index contributed by atoms with van der Waals surface area (Å²) in [6.45, 7) is 19.2. The molecule has 0 atom stereocenters. The predicted octanol–water partition coefficient (Wildman–Crippen LogP) is 27.7. The molecule has 1 aliphatic carbocycles. The topological polar surface area (TPSA) is 301 Å². The summed E-state index contributed by atoms with van der Waals surface area (Å²) < 4.78 is 8.88. The molecule has 0 bridgehead atoms. The number of benzene rings is 13. The Bertz CT molecular complexity index is 6340. The van der Waals surface area contributed by atoms with Crippen molar-refractivity contribution < 1.29 is 38.7 Å². The van der Waals surface area contributed by atoms with Gasteiger partial charge in [-0.1, -0.05) is 115 Å². The van der Waals surface area contributed by atoms with Gasteiger partial charge in [0.05, 0.1) is 72.7 Å². The van der Waals surface area contributed by atoms with Crippen LogP contribution < -0.4 is 53.3 Å². The van der Waals surface area contributed by atoms with Crippen LogP contribution in [0.15, 0.2) is 274 Å². The van der Waals surface area contributed by atoms with Gasteiger partial charge in [-0.25, -0.2) is 5.48 Å². The van der Waals surface area contributed by atoms with Crippen molar-refractivity contribution in [1.29, 1.82) is 0 Å². The summed E-state index contributed by atoms with van der Waals surface area (Å²) >= 11 is 18.1. The summed E-state index contributed by atoms with van der Waals surface area (Å²) in [6, 6.07) is 82.1. The Morgan fingerprint density at radius 3 is 0.962 bits per heavy atom. The Morgan fingerprint density at radius 1 is 0.341 bits per heavy atom. The van der Waals surface area contributed by atoms with Gasteiger partial charge in [-0.05, 0) is 444 Å². The van der Waals surface area contributed by atoms with Crippen molar-refractivity contribution in [3.8, 4) is 0 Å². The molecule has 1 saturated carbocycles. The maximum Gasteiger partial charge on any atom is 0.277 e. The second kappa shape index (κ2) is 52.4. The number of carbonyl (C=O) groups excluding carboxylic acids is 5. The van der Waals surface area contributed by atoms with Crippen LogP contribution in [0.1, 0.15) is 140 Å². The minimum absolute atomic E-state index is 0.0241. The number of nitrogens with zero attached hydrogens (tertiary/aromatic N) is 2. The molecule has 30 heteroatoms. The highest BCUT2D eigenvalue weighted by atomic mass is 127. The molecule has 14 rings (SSSR count). The summed E-state index contributed by atoms with van der Waals surface area (Å²) in [5.41, 5.74) is 23.2. The van der Waals surface area contributed by atoms with E-state index >= 15 is 0 Å². The second-order valence-corrected chi connectivity index (χ2v) is 40.8. The standard InChI is InChI=1S/C22H20I2N2O.C22H20IN3O3.C21H18IN3O4.C20H22I2N2O.C17H16I2N2O/c1-14-4-3-5-16(10-14)13-25-22(27)19-12-18(24)7-9-21(19)26-20-8-6-17(23)11-15(20)2;1-14-4-3-5-16(10-14)13-24-22(27)19-12-18(26(28)29)7-9-21(19)25-20-8-6-17(23)11-15(20)2;1-14-11-16(22)7-9-19(14)23-20-10-8-17(25(27)28)12-18(20)21(26)24-29-13-15-5-3-2-4-6-15;1-13-11-14(21)7-9-18(13)24-19-10-8-15(22)12-17(19)20(25)23-16-5-3-2-4-6-16;1-3-8-20-17(22)14-10-13(19)5-7-16(14)21-15-6-4-12(18)9-11(15)2/h3-12,26H,13H2,1-2H3,(H,25,27);3-12,25H,13H2,1-2H3,(H,24,27);2-12,23H,13H2,1H3,(H,24,26);7-12,16,24H,2-6H2,1H3,(H,23,25);3-7,9-10,21H,1,8H2,2H3,(H,20,22). The number of aryl methyl sites for hydroxylation is 7. The number of anilines is 10. The number of carbonyl (C=O) groups is 5. The van der Waals surface area contributed by atoms with E-state index in [2.05, 4.69) is 317 Å². The SMILES string of the molecule is C=CCNC(=O)c1cc(I)ccc1Nc1ccc(I)cc1C.Cc1cc(I)ccc1Nc1ccc(I)cc1C(=O)NC1CCCCC1.Cc1cc(I)ccc1Nc1ccc([N+](=O)[O-])cc1C(=O)NOCc1ccccc1.Cc1cccc(CNC(=O)c2cc(I)ccc2Nc2ccc(I)cc2C)c1.Cc1cccc(CNC(=O)c2cc([N+](=O)[O-])ccc2Nc2ccc(I)cc2C)c1. The van der Waals surface area contributed by atoms with Crippen LogP contribution >= 0.6 is 181 Å². The largest absolute Gasteiger partial charge is 0.355 e. The minimum Gasteiger partial charge on any atom is -0.355 e. The zero-order valence-corrected chi connectivity index (χ0v) is 90.3. The highest BCUT2D eigenvalue weighted by Crippen LogP contribution is 2.35. The van der Waals surface area contributed by atoms with Crippen molar-refractivity contribution in [1.82, 2.24) is 26.7 Å². The van der Waals surface area contributed by atoms with Crippen LogP contribution in [0.5, 0.6) is 0 Å². The Morgan fingerprint density at radius 2 is 0.636 bits per heavy atom. The van der Waals surface area contributed by atoms with E-state index in [1.165, 1.54) is 71.4 Å². The predicted molar refractivity (Wildman–Crippen MR) is 600 cm³/mol. The maximum absolute atomic E-state index is 12.9. The second-order valence-electron chi connectivity index (χ2n) is 30.8. The van der Waals surface area contributed by atoms with Gasteiger partial charge in [-0.2, -0.15) is 0 Å². The number of nitro groups is 2. The summed E-state index contributed by atoms with van der Waals surface area (Å²) in [5.74, 6) is -1.11. The third kappa shape index (κ3) is 33.0. The van der Waals surface area contributed by atoms with Gasteiger partial charge in [0, 0.05) is 107 Å². The van der Waals surface area contributed by atoms with E-state index in [0.29, 0.717) is 48.2 Å². The van der Waals surface area contributed by atoms with Crippen molar-refractivity contribution in [3.63, 3.8) is 0 Å². The molecular weight excluding hydrogens is 2570 g/mol. The number of hydroxylamine groups is 1. The number of amides is 5. The summed E-state index contributed by atoms with van der Waals surface area (Å²) in [6.07, 6.45) is 7.56. The Labute approximate surface area is 878 Å². The molecule has 0 saturated heterocycles. The molecule has 0 aromatic heterocycles. The molecule has 132 heavy (non-hydrogen) atoms. The van der Waals surface area contributed by atoms with E-state index in [4.69, 9.17) is 4.84 Å². The highest BCUT2D eigenvalue weighted by Gasteiger charge is 2.24. The van der Waals surface area contributed by atoms with Gasteiger partial charge in [0.2, 0.25) is 0 Å². The lowest BCUT2D eigenvalue weighted by Gasteiger charge is -2.23. The summed E-state index contributed by atoms with van der Waals surface area (Å²) in [5, 5.41) is 50.9. The number of nitrogens with one attached hydrogen (secondary N) is 10. The molecule has 5 amide bonds. The zero-order chi connectivity index (χ0) is 95.1. The molecule has 13 aromatic carbocycles. The minimum atomic E-state index is -0.574. The van der Waals surface area contributed by atoms with Crippen LogP contribution in [-0.4, -0.2) is 52.0 Å². The van der Waals surface area contributed by atoms with Crippen molar-refractivity contribution in [3.05, 3.63) is 406 Å². The molecule has 0 unspecified atom stereocenters. The summed E-state index contributed by atoms with van der Waals surface area (Å²) in [7, 11) is 0. The van der Waals surface area contributed by atoms with Crippen LogP contribution in [-0.2, 0) is 24.5 Å². The van der Waals surface area contributed by atoms with Crippen LogP contribution in [0.4, 0.5) is 68.2 Å². The van der Waals surface area contributed by atoms with Gasteiger partial charge in [0.25, 0.3) is 40.9 Å². The molecule has 22 nitrogen and oxygen atoms in total. The first kappa shape index (κ1) is 105. The van der Waals surface area contributed by atoms with Crippen LogP contribution in [0.3, 0.4) is 0 Å². The van der Waals surface area contributed by atoms with E-state index in [1.54, 1.807) is 12.1 Å². The van der Waals surface area contributed by atoms with E-state index in [9.17, 15) is 44.2 Å². The average Bonchev–Trinajstić information content (AvgIpc) is 0.841. The molecule has 0 aliphatic heterocycles. The maximum atomic E-state index is 12.9. The van der Waals surface area contributed by atoms with Crippen LogP contribution in [0.2, 0.25) is 0 Å². The van der Waals surface area contributed by atoms with E-state index in [-0.39, 0.29) is 52.7 Å². The third-order valence-corrected chi connectivity index (χ3v) is 25.9. The van der Waals surface area contributed by atoms with Gasteiger partial charge >= 0.3 is 0 Å². The molecule has 0 heterocycles. The number of halogens is 8. The van der Waals surface area contributed by atoms with Gasteiger partial charge in [-0.3, -0.25) is 49.0 Å². The number of nitro benzene ring substituents is 2. The van der Waals surface area contributed by atoms with Gasteiger partial charge in [-0.15, -0.1) is 6.58 Å². The van der Waals surface area contributed by atoms with Crippen molar-refractivity contribution in [2.75, 3.05) is 33.1 Å². The lowest BCUT2D eigenvalue weighted by atomic mass is 9.95. The first-order valence-electron chi connectivity index (χ1n) is 41.7. The number of hydrogen-bond donors (Lipinski definition) is 10. The fraction of sp³-hybridized carbons (Fsp3) is 0.167. The normalized spacial score (nSPS) is 11.3. The zero-order valence-electron chi connectivity index (χ0n) is 73.1. The third-order valence-electron chi connectivity index (χ3n) is 20.5. The molecule has 1 fully saturated rings. The quantitative estimate of drug-likeness (QED) is 0.00991. The molecule has 1 aliphatic rings. The van der Waals surface area contributed by atoms with Gasteiger partial charge in [0.1, 0.15) is 0 Å². The van der Waals surface area contributed by atoms with E-state index < -0.39 is 15.8 Å². The first-order valence-corrected chi connectivity index (χ1v) is 50.3. The van der Waals surface area contributed by atoms with Crippen LogP contribution in [0, 0.1) is 97.3 Å². The molecule has 0 radical (unpaired) electrons. The van der Waals surface area contributed by atoms with Crippen LogP contribution in [0.25, 0.3) is 0 Å². The Kier molecular flexibility index (Phi) is 41.6. The smallest absolute Gasteiger partial charge is 0.277 e. The van der Waals surface area contributed by atoms with Gasteiger partial charge < -0.3 is 47.9 Å². The van der Waals surface area contributed by atoms with Crippen molar-refractivity contribution >= 4 is 279 Å². The number of rotatable bonds is 27. The highest BCUT2D eigenvalue weighted by molar-refractivity contribution is 14.1. The number of non-ortho nitro benzene ring substituents is 2. The molecule has 13 aromatic rings. The molecule has 680 valence electrons. The molecule has 0 spiro atoms.